The number of primary sulfonamides is 1. The molecule has 0 aromatic heterocycles. The predicted octanol–water partition coefficient (Wildman–Crippen LogP) is 2.22. The molecule has 0 fully saturated rings. The summed E-state index contributed by atoms with van der Waals surface area (Å²) in [7, 11) is -3.64. The number of nitrogens with one attached hydrogen (secondary N) is 2. The van der Waals surface area contributed by atoms with Crippen LogP contribution < -0.4 is 15.8 Å². The molecule has 0 saturated heterocycles. The van der Waals surface area contributed by atoms with E-state index < -0.39 is 10.0 Å². The van der Waals surface area contributed by atoms with E-state index in [0.717, 1.165) is 37.0 Å². The zero-order valence-electron chi connectivity index (χ0n) is 14.9. The lowest BCUT2D eigenvalue weighted by Gasteiger charge is -2.11. The molecule has 0 spiro atoms. The van der Waals surface area contributed by atoms with Gasteiger partial charge in [0.15, 0.2) is 5.96 Å². The number of aliphatic imine (C=N–C) groups is 1. The van der Waals surface area contributed by atoms with Gasteiger partial charge in [-0.25, -0.2) is 18.5 Å². The van der Waals surface area contributed by atoms with Gasteiger partial charge < -0.3 is 10.6 Å². The first-order valence-electron chi connectivity index (χ1n) is 8.47. The quantitative estimate of drug-likeness (QED) is 0.360. The Hall–Kier alpha value is -1.60. The summed E-state index contributed by atoms with van der Waals surface area (Å²) in [5.74, 6) is 1.52. The first-order valence-corrected chi connectivity index (χ1v) is 10.0. The lowest BCUT2D eigenvalue weighted by atomic mass is 10.1. The average Bonchev–Trinajstić information content (AvgIpc) is 2.51. The first kappa shape index (κ1) is 20.4. The van der Waals surface area contributed by atoms with Crippen molar-refractivity contribution in [3.8, 4) is 0 Å². The van der Waals surface area contributed by atoms with Crippen LogP contribution >= 0.6 is 0 Å². The molecule has 0 amide bonds. The molecule has 1 aromatic carbocycles. The van der Waals surface area contributed by atoms with E-state index in [9.17, 15) is 8.42 Å². The monoisotopic (exact) mass is 354 g/mol. The Balaban J connectivity index is 2.52. The fraction of sp³-hybridized carbons (Fsp3) is 0.588. The average molecular weight is 355 g/mol. The van der Waals surface area contributed by atoms with E-state index >= 15 is 0 Å². The van der Waals surface area contributed by atoms with Crippen LogP contribution in [0.5, 0.6) is 0 Å². The minimum Gasteiger partial charge on any atom is -0.357 e. The van der Waals surface area contributed by atoms with Gasteiger partial charge in [-0.05, 0) is 37.0 Å². The largest absolute Gasteiger partial charge is 0.357 e. The number of guanidine groups is 1. The van der Waals surface area contributed by atoms with Crippen molar-refractivity contribution in [3.05, 3.63) is 29.8 Å². The topological polar surface area (TPSA) is 96.6 Å². The van der Waals surface area contributed by atoms with E-state index in [0.29, 0.717) is 6.54 Å². The van der Waals surface area contributed by atoms with E-state index in [1.165, 1.54) is 25.0 Å². The molecule has 0 aliphatic carbocycles. The van der Waals surface area contributed by atoms with Crippen LogP contribution in [-0.2, 0) is 16.6 Å². The molecule has 0 unspecified atom stereocenters. The highest BCUT2D eigenvalue weighted by Crippen LogP contribution is 2.09. The summed E-state index contributed by atoms with van der Waals surface area (Å²) >= 11 is 0. The smallest absolute Gasteiger partial charge is 0.238 e. The number of hydrogen-bond acceptors (Lipinski definition) is 3. The minimum absolute atomic E-state index is 0.116. The summed E-state index contributed by atoms with van der Waals surface area (Å²) in [6.07, 6.45) is 3.57. The van der Waals surface area contributed by atoms with E-state index in [1.807, 2.05) is 6.92 Å². The van der Waals surface area contributed by atoms with Crippen LogP contribution in [0.25, 0.3) is 0 Å². The molecule has 0 heterocycles. The molecular formula is C17H30N4O2S. The number of unbranched alkanes of at least 4 members (excludes halogenated alkanes) is 1. The first-order chi connectivity index (χ1) is 11.3. The highest BCUT2D eigenvalue weighted by Gasteiger charge is 2.06. The van der Waals surface area contributed by atoms with Gasteiger partial charge in [0, 0.05) is 13.1 Å². The number of nitrogens with two attached hydrogens (primary N) is 1. The fourth-order valence-corrected chi connectivity index (χ4v) is 2.70. The summed E-state index contributed by atoms with van der Waals surface area (Å²) in [5, 5.41) is 11.6. The van der Waals surface area contributed by atoms with Crippen molar-refractivity contribution in [1.29, 1.82) is 0 Å². The van der Waals surface area contributed by atoms with Gasteiger partial charge in [0.05, 0.1) is 11.4 Å². The summed E-state index contributed by atoms with van der Waals surface area (Å²) < 4.78 is 22.5. The molecule has 0 atom stereocenters. The molecule has 6 nitrogen and oxygen atoms in total. The van der Waals surface area contributed by atoms with Gasteiger partial charge in [0.1, 0.15) is 0 Å². The molecule has 136 valence electrons. The van der Waals surface area contributed by atoms with E-state index in [-0.39, 0.29) is 4.90 Å². The number of rotatable bonds is 9. The van der Waals surface area contributed by atoms with Crippen molar-refractivity contribution < 1.29 is 8.42 Å². The Morgan fingerprint density at radius 1 is 1.17 bits per heavy atom. The van der Waals surface area contributed by atoms with Gasteiger partial charge >= 0.3 is 0 Å². The number of sulfonamides is 1. The summed E-state index contributed by atoms with van der Waals surface area (Å²) in [6, 6.07) is 6.48. The van der Waals surface area contributed by atoms with E-state index in [1.54, 1.807) is 12.1 Å². The van der Waals surface area contributed by atoms with Crippen LogP contribution in [0.3, 0.4) is 0 Å². The lowest BCUT2D eigenvalue weighted by molar-refractivity contribution is 0.534. The second-order valence-electron chi connectivity index (χ2n) is 6.20. The van der Waals surface area contributed by atoms with Crippen LogP contribution in [-0.4, -0.2) is 27.5 Å². The molecular weight excluding hydrogens is 324 g/mol. The fourth-order valence-electron chi connectivity index (χ4n) is 2.18. The number of nitrogens with zero attached hydrogens (tertiary/aromatic N) is 1. The zero-order chi connectivity index (χ0) is 18.0. The van der Waals surface area contributed by atoms with Crippen LogP contribution in [0.2, 0.25) is 0 Å². The normalized spacial score (nSPS) is 12.5. The van der Waals surface area contributed by atoms with Crippen molar-refractivity contribution in [2.75, 3.05) is 13.1 Å². The van der Waals surface area contributed by atoms with Gasteiger partial charge in [0.2, 0.25) is 10.0 Å². The number of hydrogen-bond donors (Lipinski definition) is 3. The van der Waals surface area contributed by atoms with Crippen molar-refractivity contribution in [1.82, 2.24) is 10.6 Å². The third kappa shape index (κ3) is 8.31. The standard InChI is InChI=1S/C17H30N4O2S/c1-4-19-17(20-12-6-5-7-14(2)3)21-13-15-8-10-16(11-9-15)24(18,22)23/h8-11,14H,4-7,12-13H2,1-3H3,(H2,18,22,23)(H2,19,20,21). The molecule has 1 aromatic rings. The Morgan fingerprint density at radius 2 is 1.83 bits per heavy atom. The van der Waals surface area contributed by atoms with Crippen molar-refractivity contribution in [2.45, 2.75) is 51.5 Å². The van der Waals surface area contributed by atoms with Crippen LogP contribution in [0.4, 0.5) is 0 Å². The third-order valence-corrected chi connectivity index (χ3v) is 4.45. The highest BCUT2D eigenvalue weighted by molar-refractivity contribution is 7.89. The van der Waals surface area contributed by atoms with Gasteiger partial charge in [-0.3, -0.25) is 0 Å². The van der Waals surface area contributed by atoms with Gasteiger partial charge in [0.25, 0.3) is 0 Å². The molecule has 24 heavy (non-hydrogen) atoms. The van der Waals surface area contributed by atoms with Crippen molar-refractivity contribution in [2.24, 2.45) is 16.0 Å². The predicted molar refractivity (Wildman–Crippen MR) is 99.3 cm³/mol. The summed E-state index contributed by atoms with van der Waals surface area (Å²) in [6.45, 7) is 8.66. The molecule has 0 aliphatic heterocycles. The SMILES string of the molecule is CCNC(=NCc1ccc(S(N)(=O)=O)cc1)NCCCCC(C)C. The van der Waals surface area contributed by atoms with E-state index in [2.05, 4.69) is 29.5 Å². The van der Waals surface area contributed by atoms with Gasteiger partial charge in [-0.1, -0.05) is 38.8 Å². The van der Waals surface area contributed by atoms with E-state index in [4.69, 9.17) is 5.14 Å². The van der Waals surface area contributed by atoms with Crippen LogP contribution in [0, 0.1) is 5.92 Å². The van der Waals surface area contributed by atoms with Crippen molar-refractivity contribution >= 4 is 16.0 Å². The third-order valence-electron chi connectivity index (χ3n) is 3.52. The molecule has 4 N–H and O–H groups in total. The Labute approximate surface area is 146 Å². The number of benzene rings is 1. The molecule has 0 radical (unpaired) electrons. The Bertz CT molecular complexity index is 610. The highest BCUT2D eigenvalue weighted by atomic mass is 32.2. The van der Waals surface area contributed by atoms with Crippen LogP contribution in [0.1, 0.15) is 45.6 Å². The Kier molecular flexibility index (Phi) is 8.78. The molecule has 0 aliphatic rings. The maximum atomic E-state index is 11.2. The maximum absolute atomic E-state index is 11.2. The van der Waals surface area contributed by atoms with Gasteiger partial charge in [-0.15, -0.1) is 0 Å². The summed E-state index contributed by atoms with van der Waals surface area (Å²) in [5.41, 5.74) is 0.930. The Morgan fingerprint density at radius 3 is 2.38 bits per heavy atom. The molecule has 7 heteroatoms. The van der Waals surface area contributed by atoms with Crippen molar-refractivity contribution in [3.63, 3.8) is 0 Å². The van der Waals surface area contributed by atoms with Gasteiger partial charge in [-0.2, -0.15) is 0 Å². The maximum Gasteiger partial charge on any atom is 0.238 e. The second-order valence-corrected chi connectivity index (χ2v) is 7.76. The van der Waals surface area contributed by atoms with Crippen LogP contribution in [0.15, 0.2) is 34.2 Å². The second kappa shape index (κ2) is 10.3. The lowest BCUT2D eigenvalue weighted by Crippen LogP contribution is -2.37. The zero-order valence-corrected chi connectivity index (χ0v) is 15.7. The molecule has 0 saturated carbocycles. The molecule has 0 bridgehead atoms. The minimum atomic E-state index is -3.64. The summed E-state index contributed by atoms with van der Waals surface area (Å²) in [4.78, 5) is 4.64. The molecule has 1 rings (SSSR count).